The summed E-state index contributed by atoms with van der Waals surface area (Å²) in [7, 11) is 0. The van der Waals surface area contributed by atoms with Crippen LogP contribution < -0.4 is 59.3 Å². The molecule has 0 spiro atoms. The molecule has 2 fully saturated rings. The number of carboxylic acids is 1. The number of aliphatic carboxylic acids is 1. The van der Waals surface area contributed by atoms with E-state index in [0.717, 1.165) is 0 Å². The van der Waals surface area contributed by atoms with Gasteiger partial charge >= 0.3 is 5.97 Å². The van der Waals surface area contributed by atoms with Crippen LogP contribution in [0.1, 0.15) is 73.8 Å². The first-order valence-corrected chi connectivity index (χ1v) is 29.3. The fourth-order valence-corrected chi connectivity index (χ4v) is 10.5. The number of unbranched alkanes of at least 4 members (excludes halogenated alkanes) is 1. The first-order chi connectivity index (χ1) is 43.2. The molecule has 2 aliphatic rings. The molecule has 90 heavy (non-hydrogen) atoms. The number of phenols is 1. The number of aromatic hydroxyl groups is 1. The van der Waals surface area contributed by atoms with Crippen LogP contribution in [0.25, 0.3) is 10.9 Å². The third-order valence-electron chi connectivity index (χ3n) is 15.2. The van der Waals surface area contributed by atoms with Gasteiger partial charge in [-0.2, -0.15) is 0 Å². The number of nitrogens with zero attached hydrogens (tertiary/aromatic N) is 2. The highest BCUT2D eigenvalue weighted by Crippen LogP contribution is 2.22. The maximum atomic E-state index is 14.8. The molecule has 0 aliphatic carbocycles. The van der Waals surface area contributed by atoms with Gasteiger partial charge in [0.25, 0.3) is 0 Å². The molecule has 3 aromatic carbocycles. The van der Waals surface area contributed by atoms with Gasteiger partial charge in [-0.1, -0.05) is 60.7 Å². The lowest BCUT2D eigenvalue weighted by Gasteiger charge is -2.30. The second-order valence-corrected chi connectivity index (χ2v) is 21.9. The smallest absolute Gasteiger partial charge is 0.305 e. The summed E-state index contributed by atoms with van der Waals surface area (Å²) >= 11 is 0. The number of rotatable bonds is 33. The van der Waals surface area contributed by atoms with Crippen LogP contribution in [0.4, 0.5) is 0 Å². The molecule has 2 aliphatic heterocycles. The van der Waals surface area contributed by atoms with Gasteiger partial charge in [-0.05, 0) is 80.0 Å². The molecule has 4 heterocycles. The number of aliphatic hydroxyl groups is 1. The third-order valence-corrected chi connectivity index (χ3v) is 15.2. The van der Waals surface area contributed by atoms with E-state index in [1.165, 1.54) is 41.7 Å². The van der Waals surface area contributed by atoms with Crippen molar-refractivity contribution in [2.45, 2.75) is 131 Å². The molecule has 0 saturated carbocycles. The van der Waals surface area contributed by atoms with Crippen LogP contribution in [-0.4, -0.2) is 187 Å². The predicted octanol–water partition coefficient (Wildman–Crippen LogP) is -3.27. The Kier molecular flexibility index (Phi) is 24.4. The Hall–Kier alpha value is -10.2. The lowest BCUT2D eigenvalue weighted by Crippen LogP contribution is -2.61. The molecule has 9 atom stereocenters. The van der Waals surface area contributed by atoms with Crippen LogP contribution in [0.5, 0.6) is 5.75 Å². The minimum atomic E-state index is -2.02. The van der Waals surface area contributed by atoms with E-state index in [4.69, 9.17) is 11.5 Å². The Morgan fingerprint density at radius 2 is 1.22 bits per heavy atom. The number of carbonyl (C=O) groups excluding carboxylic acids is 11. The quantitative estimate of drug-likeness (QED) is 0.0183. The molecular weight excluding hydrogens is 1170 g/mol. The van der Waals surface area contributed by atoms with Crippen molar-refractivity contribution in [1.29, 1.82) is 0 Å². The van der Waals surface area contributed by atoms with E-state index >= 15 is 0 Å². The van der Waals surface area contributed by atoms with Gasteiger partial charge in [0.15, 0.2) is 0 Å². The molecule has 480 valence electrons. The van der Waals surface area contributed by atoms with E-state index < -0.39 is 139 Å². The van der Waals surface area contributed by atoms with E-state index in [2.05, 4.69) is 62.8 Å². The lowest BCUT2D eigenvalue weighted by molar-refractivity contribution is -0.142. The highest BCUT2D eigenvalue weighted by Gasteiger charge is 2.40. The normalized spacial score (nSPS) is 16.8. The molecule has 11 amide bonds. The fraction of sp³-hybridized carbons (Fsp3) is 0.417. The number of aromatic amines is 2. The van der Waals surface area contributed by atoms with Crippen LogP contribution in [-0.2, 0) is 83.2 Å². The molecule has 5 aromatic rings. The lowest BCUT2D eigenvalue weighted by atomic mass is 10.0. The minimum absolute atomic E-state index is 0.0673. The molecule has 0 bridgehead atoms. The molecule has 9 unspecified atom stereocenters. The Balaban J connectivity index is 1.11. The molecule has 30 heteroatoms. The zero-order valence-electron chi connectivity index (χ0n) is 49.0. The number of hydrogen-bond donors (Lipinski definition) is 16. The summed E-state index contributed by atoms with van der Waals surface area (Å²) in [6, 6.07) is 7.76. The fourth-order valence-electron chi connectivity index (χ4n) is 10.5. The van der Waals surface area contributed by atoms with Gasteiger partial charge in [0.05, 0.1) is 25.9 Å². The highest BCUT2D eigenvalue weighted by atomic mass is 16.4. The van der Waals surface area contributed by atoms with Gasteiger partial charge in [-0.3, -0.25) is 57.5 Å². The number of fused-ring (bicyclic) bond motifs is 1. The average molecular weight is 1250 g/mol. The Morgan fingerprint density at radius 1 is 0.644 bits per heavy atom. The minimum Gasteiger partial charge on any atom is -0.508 e. The average Bonchev–Trinajstić information content (AvgIpc) is 3.51. The summed E-state index contributed by atoms with van der Waals surface area (Å²) in [5, 5.41) is 54.3. The van der Waals surface area contributed by atoms with Crippen LogP contribution in [0.3, 0.4) is 0 Å². The molecule has 7 rings (SSSR count). The van der Waals surface area contributed by atoms with E-state index in [0.29, 0.717) is 52.5 Å². The van der Waals surface area contributed by atoms with E-state index in [9.17, 15) is 72.9 Å². The molecule has 18 N–H and O–H groups in total. The number of nitrogens with one attached hydrogen (secondary N) is 11. The van der Waals surface area contributed by atoms with Crippen LogP contribution in [0.15, 0.2) is 97.6 Å². The van der Waals surface area contributed by atoms with Gasteiger partial charge in [0, 0.05) is 67.6 Å². The van der Waals surface area contributed by atoms with Crippen LogP contribution in [0, 0.1) is 0 Å². The summed E-state index contributed by atoms with van der Waals surface area (Å²) < 4.78 is 0. The standard InChI is InChI=1S/C60H75N15O15/c61-21-7-6-13-41(60(90)75-22-8-14-48(75)59(89)65-30-49(62)78)68-53(83)42(23-33-9-2-1-3-10-33)69-54(84)43(24-34-15-17-37(77)18-16-34)70-57(87)46(27-51(80)81)73-58(88)47(31-76)74-55(85)44(25-35-28-64-39-12-5-4-11-38(35)39)71-56(86)45(26-36-29-63-32-66-36)72-52(82)40-19-20-50(79)67-40/h1-5,9-12,15-18,28-29,32,40-48,64,76-77H,6-8,13-14,19-27,30-31,61H2,(H2,62,78)(H,63,66)(H,65,89)(H,67,79)(H,68,83)(H,69,84)(H,70,87)(H,71,86)(H,72,82)(H,73,88)(H,74,85)(H,80,81). The first-order valence-electron chi connectivity index (χ1n) is 29.3. The summed E-state index contributed by atoms with van der Waals surface area (Å²) in [6.07, 6.45) is 4.15. The monoisotopic (exact) mass is 1250 g/mol. The number of nitrogens with two attached hydrogens (primary N) is 2. The Bertz CT molecular complexity index is 3360. The number of benzene rings is 3. The Labute approximate surface area is 515 Å². The van der Waals surface area contributed by atoms with Crippen molar-refractivity contribution in [2.75, 3.05) is 26.2 Å². The van der Waals surface area contributed by atoms with E-state index in [1.54, 1.807) is 60.8 Å². The van der Waals surface area contributed by atoms with Crippen molar-refractivity contribution in [1.82, 2.24) is 67.7 Å². The second-order valence-electron chi connectivity index (χ2n) is 21.9. The van der Waals surface area contributed by atoms with Crippen LogP contribution in [0.2, 0.25) is 0 Å². The number of primary amides is 1. The number of likely N-dealkylation sites (tertiary alicyclic amines) is 1. The van der Waals surface area contributed by atoms with Gasteiger partial charge < -0.3 is 89.5 Å². The van der Waals surface area contributed by atoms with Crippen molar-refractivity contribution in [2.24, 2.45) is 11.5 Å². The molecule has 0 radical (unpaired) electrons. The van der Waals surface area contributed by atoms with Gasteiger partial charge in [0.2, 0.25) is 65.0 Å². The van der Waals surface area contributed by atoms with Crippen molar-refractivity contribution >= 4 is 81.9 Å². The largest absolute Gasteiger partial charge is 0.508 e. The highest BCUT2D eigenvalue weighted by molar-refractivity contribution is 6.00. The number of hydrogen-bond acceptors (Lipinski definition) is 16. The van der Waals surface area contributed by atoms with Crippen molar-refractivity contribution in [3.8, 4) is 5.75 Å². The van der Waals surface area contributed by atoms with Gasteiger partial charge in [-0.15, -0.1) is 0 Å². The SMILES string of the molecule is NCCCCC(NC(=O)C(Cc1ccccc1)NC(=O)C(Cc1ccc(O)cc1)NC(=O)C(CC(=O)O)NC(=O)C(CO)NC(=O)C(Cc1c[nH]c2ccccc12)NC(=O)C(Cc1cnc[nH]1)NC(=O)C1CCC(=O)N1)C(=O)N1CCCC1C(=O)NCC(N)=O. The number of para-hydroxylation sites is 1. The van der Waals surface area contributed by atoms with Crippen molar-refractivity contribution in [3.63, 3.8) is 0 Å². The number of amides is 11. The summed E-state index contributed by atoms with van der Waals surface area (Å²) in [6.45, 7) is -1.20. The third kappa shape index (κ3) is 19.4. The zero-order chi connectivity index (χ0) is 64.9. The number of carbonyl (C=O) groups is 12. The van der Waals surface area contributed by atoms with Crippen molar-refractivity contribution in [3.05, 3.63) is 120 Å². The van der Waals surface area contributed by atoms with Gasteiger partial charge in [0.1, 0.15) is 60.1 Å². The number of imidazole rings is 1. The topological polar surface area (TPSA) is 474 Å². The van der Waals surface area contributed by atoms with E-state index in [1.807, 2.05) is 0 Å². The number of aliphatic hydroxyl groups excluding tert-OH is 1. The summed E-state index contributed by atoms with van der Waals surface area (Å²) in [4.78, 5) is 175. The zero-order valence-corrected chi connectivity index (χ0v) is 49.0. The molecular formula is C60H75N15O15. The maximum Gasteiger partial charge on any atom is 0.305 e. The maximum absolute atomic E-state index is 14.8. The first kappa shape index (κ1) is 67.3. The van der Waals surface area contributed by atoms with Crippen molar-refractivity contribution < 1.29 is 72.9 Å². The van der Waals surface area contributed by atoms with E-state index in [-0.39, 0.29) is 76.1 Å². The van der Waals surface area contributed by atoms with Crippen LogP contribution >= 0.6 is 0 Å². The molecule has 2 aromatic heterocycles. The summed E-state index contributed by atoms with van der Waals surface area (Å²) in [5.74, 6) is -11.2. The predicted molar refractivity (Wildman–Crippen MR) is 320 cm³/mol. The second kappa shape index (κ2) is 32.7. The summed E-state index contributed by atoms with van der Waals surface area (Å²) in [5.41, 5.74) is 13.5. The molecule has 30 nitrogen and oxygen atoms in total. The molecule has 2 saturated heterocycles. The number of carboxylic acid groups (broad SMARTS) is 1. The van der Waals surface area contributed by atoms with Gasteiger partial charge in [-0.25, -0.2) is 4.98 Å². The number of phenolic OH excluding ortho intramolecular Hbond substituents is 1. The number of H-pyrrole nitrogens is 2. The Morgan fingerprint density at radius 3 is 1.82 bits per heavy atom. The number of aromatic nitrogens is 3.